The summed E-state index contributed by atoms with van der Waals surface area (Å²) < 4.78 is 37.6. The molecule has 0 bridgehead atoms. The third-order valence-corrected chi connectivity index (χ3v) is 7.81. The molecule has 1 aliphatic heterocycles. The number of aryl methyl sites for hydroxylation is 2. The van der Waals surface area contributed by atoms with E-state index in [0.717, 1.165) is 11.1 Å². The first-order valence-electron chi connectivity index (χ1n) is 10.5. The maximum Gasteiger partial charge on any atom is 0.309 e. The Balaban J connectivity index is 1.52. The minimum Gasteiger partial charge on any atom is -0.495 e. The molecule has 0 aromatic heterocycles. The van der Waals surface area contributed by atoms with Crippen molar-refractivity contribution in [3.8, 4) is 5.75 Å². The number of methoxy groups -OCH3 is 1. The molecule has 1 amide bonds. The molecule has 0 atom stereocenters. The molecule has 0 spiro atoms. The Kier molecular flexibility index (Phi) is 7.99. The van der Waals surface area contributed by atoms with E-state index in [1.54, 1.807) is 30.3 Å². The fraction of sp³-hybridized carbons (Fsp3) is 0.391. The van der Waals surface area contributed by atoms with Gasteiger partial charge in [-0.2, -0.15) is 4.31 Å². The van der Waals surface area contributed by atoms with Gasteiger partial charge < -0.3 is 14.8 Å². The zero-order valence-electron chi connectivity index (χ0n) is 18.8. The van der Waals surface area contributed by atoms with Gasteiger partial charge in [0.2, 0.25) is 10.0 Å². The van der Waals surface area contributed by atoms with E-state index in [1.165, 1.54) is 17.5 Å². The topological polar surface area (TPSA) is 102 Å². The molecule has 10 heteroatoms. The van der Waals surface area contributed by atoms with E-state index in [0.29, 0.717) is 29.3 Å². The minimum absolute atomic E-state index is 0.209. The molecular formula is C23H27ClN2O6S. The number of piperidine rings is 1. The summed E-state index contributed by atoms with van der Waals surface area (Å²) in [6.45, 7) is 3.75. The van der Waals surface area contributed by atoms with Crippen LogP contribution in [0.5, 0.6) is 5.75 Å². The van der Waals surface area contributed by atoms with Crippen LogP contribution in [0.4, 0.5) is 5.69 Å². The zero-order valence-corrected chi connectivity index (χ0v) is 20.3. The van der Waals surface area contributed by atoms with Crippen LogP contribution >= 0.6 is 11.6 Å². The molecule has 0 unspecified atom stereocenters. The predicted molar refractivity (Wildman–Crippen MR) is 125 cm³/mol. The van der Waals surface area contributed by atoms with Crippen molar-refractivity contribution in [2.45, 2.75) is 31.6 Å². The summed E-state index contributed by atoms with van der Waals surface area (Å²) >= 11 is 5.94. The average Bonchev–Trinajstić information content (AvgIpc) is 2.79. The van der Waals surface area contributed by atoms with Crippen molar-refractivity contribution in [3.05, 3.63) is 52.5 Å². The minimum atomic E-state index is -3.63. The number of carbonyl (C=O) groups excluding carboxylic acids is 2. The molecule has 178 valence electrons. The van der Waals surface area contributed by atoms with Gasteiger partial charge in [0.05, 0.1) is 23.6 Å². The normalized spacial score (nSPS) is 15.2. The molecule has 33 heavy (non-hydrogen) atoms. The molecule has 0 aliphatic carbocycles. The van der Waals surface area contributed by atoms with E-state index in [9.17, 15) is 18.0 Å². The van der Waals surface area contributed by atoms with Gasteiger partial charge in [-0.05, 0) is 68.1 Å². The van der Waals surface area contributed by atoms with Gasteiger partial charge in [0.1, 0.15) is 5.75 Å². The smallest absolute Gasteiger partial charge is 0.309 e. The monoisotopic (exact) mass is 494 g/mol. The fourth-order valence-electron chi connectivity index (χ4n) is 3.57. The van der Waals surface area contributed by atoms with Crippen molar-refractivity contribution < 1.29 is 27.5 Å². The summed E-state index contributed by atoms with van der Waals surface area (Å²) in [5, 5.41) is 3.02. The first-order chi connectivity index (χ1) is 15.6. The highest BCUT2D eigenvalue weighted by Crippen LogP contribution is 2.28. The van der Waals surface area contributed by atoms with Crippen LogP contribution in [0.15, 0.2) is 41.3 Å². The van der Waals surface area contributed by atoms with E-state index >= 15 is 0 Å². The Morgan fingerprint density at radius 1 is 1.09 bits per heavy atom. The number of nitrogens with one attached hydrogen (secondary N) is 1. The lowest BCUT2D eigenvalue weighted by Gasteiger charge is -2.30. The quantitative estimate of drug-likeness (QED) is 0.590. The van der Waals surface area contributed by atoms with Crippen LogP contribution in [-0.2, 0) is 24.3 Å². The first kappa shape index (κ1) is 25.0. The van der Waals surface area contributed by atoms with Gasteiger partial charge in [0, 0.05) is 18.1 Å². The number of nitrogens with zero attached hydrogens (tertiary/aromatic N) is 1. The Morgan fingerprint density at radius 3 is 2.42 bits per heavy atom. The van der Waals surface area contributed by atoms with Gasteiger partial charge >= 0.3 is 5.97 Å². The van der Waals surface area contributed by atoms with Crippen LogP contribution in [0.3, 0.4) is 0 Å². The van der Waals surface area contributed by atoms with Crippen LogP contribution in [-0.4, -0.2) is 51.4 Å². The molecule has 1 saturated heterocycles. The van der Waals surface area contributed by atoms with E-state index in [2.05, 4.69) is 5.32 Å². The number of hydrogen-bond acceptors (Lipinski definition) is 6. The maximum absolute atomic E-state index is 12.9. The molecule has 2 aromatic rings. The highest BCUT2D eigenvalue weighted by Gasteiger charge is 2.33. The fourth-order valence-corrected chi connectivity index (χ4v) is 5.30. The van der Waals surface area contributed by atoms with Crippen LogP contribution in [0.2, 0.25) is 5.02 Å². The van der Waals surface area contributed by atoms with E-state index in [4.69, 9.17) is 21.1 Å². The van der Waals surface area contributed by atoms with Gasteiger partial charge in [-0.1, -0.05) is 17.7 Å². The molecule has 1 N–H and O–H groups in total. The highest BCUT2D eigenvalue weighted by molar-refractivity contribution is 7.89. The third kappa shape index (κ3) is 6.04. The molecule has 1 aliphatic rings. The summed E-state index contributed by atoms with van der Waals surface area (Å²) in [6.07, 6.45) is 0.652. The maximum atomic E-state index is 12.9. The first-order valence-corrected chi connectivity index (χ1v) is 12.3. The van der Waals surface area contributed by atoms with Crippen LogP contribution in [0, 0.1) is 19.8 Å². The van der Waals surface area contributed by atoms with Crippen molar-refractivity contribution in [2.24, 2.45) is 5.92 Å². The van der Waals surface area contributed by atoms with Gasteiger partial charge in [0.25, 0.3) is 5.91 Å². The molecule has 8 nitrogen and oxygen atoms in total. The lowest BCUT2D eigenvalue weighted by Crippen LogP contribution is -2.41. The van der Waals surface area contributed by atoms with Crippen LogP contribution in [0.1, 0.15) is 24.0 Å². The second-order valence-electron chi connectivity index (χ2n) is 7.92. The lowest BCUT2D eigenvalue weighted by molar-refractivity contribution is -0.152. The summed E-state index contributed by atoms with van der Waals surface area (Å²) in [5.41, 5.74) is 2.30. The van der Waals surface area contributed by atoms with E-state index in [-0.39, 0.29) is 18.0 Å². The number of halogens is 1. The molecule has 0 saturated carbocycles. The highest BCUT2D eigenvalue weighted by atomic mass is 35.5. The molecule has 2 aromatic carbocycles. The molecule has 3 rings (SSSR count). The average molecular weight is 495 g/mol. The van der Waals surface area contributed by atoms with Crippen molar-refractivity contribution in [1.82, 2.24) is 4.31 Å². The lowest BCUT2D eigenvalue weighted by atomic mass is 9.98. The van der Waals surface area contributed by atoms with Gasteiger partial charge in [0.15, 0.2) is 6.61 Å². The number of hydrogen-bond donors (Lipinski definition) is 1. The van der Waals surface area contributed by atoms with Gasteiger partial charge in [-0.25, -0.2) is 8.42 Å². The predicted octanol–water partition coefficient (Wildman–Crippen LogP) is 3.55. The Hall–Kier alpha value is -2.62. The summed E-state index contributed by atoms with van der Waals surface area (Å²) in [7, 11) is -2.16. The van der Waals surface area contributed by atoms with Gasteiger partial charge in [-0.15, -0.1) is 0 Å². The molecule has 1 heterocycles. The number of carbonyl (C=O) groups is 2. The second kappa shape index (κ2) is 10.5. The van der Waals surface area contributed by atoms with Crippen molar-refractivity contribution in [1.29, 1.82) is 0 Å². The number of amides is 1. The number of esters is 1. The standard InChI is InChI=1S/C23H27ClN2O6S/c1-15-4-6-19(12-16(15)2)33(29,30)26-10-8-17(9-11-26)23(28)32-14-22(27)25-20-13-18(24)5-7-21(20)31-3/h4-7,12-13,17H,8-11,14H2,1-3H3,(H,25,27). The van der Waals surface area contributed by atoms with Crippen molar-refractivity contribution in [3.63, 3.8) is 0 Å². The Labute approximate surface area is 198 Å². The van der Waals surface area contributed by atoms with Crippen LogP contribution in [0.25, 0.3) is 0 Å². The van der Waals surface area contributed by atoms with E-state index < -0.39 is 34.4 Å². The van der Waals surface area contributed by atoms with Crippen molar-refractivity contribution in [2.75, 3.05) is 32.1 Å². The molecule has 1 fully saturated rings. The third-order valence-electron chi connectivity index (χ3n) is 5.68. The number of sulfonamides is 1. The molecular weight excluding hydrogens is 468 g/mol. The summed E-state index contributed by atoms with van der Waals surface area (Å²) in [4.78, 5) is 24.9. The SMILES string of the molecule is COc1ccc(Cl)cc1NC(=O)COC(=O)C1CCN(S(=O)(=O)c2ccc(C)c(C)c2)CC1. The van der Waals surface area contributed by atoms with Crippen molar-refractivity contribution >= 4 is 39.2 Å². The number of benzene rings is 2. The number of anilines is 1. The Bertz CT molecular complexity index is 1140. The van der Waals surface area contributed by atoms with Crippen LogP contribution < -0.4 is 10.1 Å². The zero-order chi connectivity index (χ0) is 24.2. The molecule has 0 radical (unpaired) electrons. The number of rotatable bonds is 7. The summed E-state index contributed by atoms with van der Waals surface area (Å²) in [5.74, 6) is -1.09. The van der Waals surface area contributed by atoms with Gasteiger partial charge in [-0.3, -0.25) is 9.59 Å². The Morgan fingerprint density at radius 2 is 1.79 bits per heavy atom. The summed E-state index contributed by atoms with van der Waals surface area (Å²) in [6, 6.07) is 9.83. The largest absolute Gasteiger partial charge is 0.495 e. The second-order valence-corrected chi connectivity index (χ2v) is 10.3. The van der Waals surface area contributed by atoms with E-state index in [1.807, 2.05) is 13.8 Å². The number of ether oxygens (including phenoxy) is 2.